The van der Waals surface area contributed by atoms with E-state index in [4.69, 9.17) is 0 Å². The third kappa shape index (κ3) is 3.43. The van der Waals surface area contributed by atoms with Gasteiger partial charge < -0.3 is 9.80 Å². The fourth-order valence-corrected chi connectivity index (χ4v) is 4.50. The normalized spacial score (nSPS) is 16.7. The van der Waals surface area contributed by atoms with Crippen LogP contribution < -0.4 is 4.90 Å². The molecule has 1 aromatic carbocycles. The predicted molar refractivity (Wildman–Crippen MR) is 105 cm³/mol. The van der Waals surface area contributed by atoms with Gasteiger partial charge in [0.05, 0.1) is 11.3 Å². The van der Waals surface area contributed by atoms with Crippen LogP contribution in [0.25, 0.3) is 0 Å². The van der Waals surface area contributed by atoms with Gasteiger partial charge in [-0.05, 0) is 48.8 Å². The van der Waals surface area contributed by atoms with Crippen LogP contribution in [0.2, 0.25) is 0 Å². The van der Waals surface area contributed by atoms with Gasteiger partial charge in [0.1, 0.15) is 0 Å². The van der Waals surface area contributed by atoms with Crippen LogP contribution in [-0.4, -0.2) is 52.9 Å². The van der Waals surface area contributed by atoms with Crippen molar-refractivity contribution in [2.24, 2.45) is 0 Å². The minimum Gasteiger partial charge on any atom is -0.352 e. The van der Waals surface area contributed by atoms with E-state index in [1.165, 1.54) is 12.0 Å². The number of aromatic nitrogens is 2. The highest BCUT2D eigenvalue weighted by molar-refractivity contribution is 7.99. The number of carbonyl (C=O) groups is 1. The Morgan fingerprint density at radius 2 is 1.92 bits per heavy atom. The molecule has 6 heteroatoms. The van der Waals surface area contributed by atoms with Crippen molar-refractivity contribution in [3.63, 3.8) is 0 Å². The number of amides is 1. The van der Waals surface area contributed by atoms with Crippen molar-refractivity contribution in [2.45, 2.75) is 31.1 Å². The maximum Gasteiger partial charge on any atom is 0.255 e. The highest BCUT2D eigenvalue weighted by atomic mass is 32.2. The number of rotatable bonds is 4. The van der Waals surface area contributed by atoms with Gasteiger partial charge in [0.25, 0.3) is 5.91 Å². The molecule has 0 atom stereocenters. The summed E-state index contributed by atoms with van der Waals surface area (Å²) in [5, 5.41) is 8.80. The van der Waals surface area contributed by atoms with Crippen LogP contribution in [0.3, 0.4) is 0 Å². The average Bonchev–Trinajstić information content (AvgIpc) is 3.16. The second-order valence-corrected chi connectivity index (χ2v) is 8.04. The number of hydrogen-bond acceptors (Lipinski definition) is 5. The molecule has 1 aromatic heterocycles. The molecule has 0 bridgehead atoms. The first-order valence-corrected chi connectivity index (χ1v) is 10.4. The van der Waals surface area contributed by atoms with Crippen molar-refractivity contribution in [1.29, 1.82) is 0 Å². The summed E-state index contributed by atoms with van der Waals surface area (Å²) < 4.78 is 0. The zero-order valence-corrected chi connectivity index (χ0v) is 16.0. The number of thioether (sulfide) groups is 1. The number of anilines is 1. The standard InChI is InChI=1S/C20H24N4OS/c1-2-26-18-9-4-3-7-16(18)20(25)24-12-10-23(11-13-24)19-14-15-6-5-8-17(15)21-22-19/h3-4,7,9,14H,2,5-6,8,10-13H2,1H3. The number of fused-ring (bicyclic) bond motifs is 1. The third-order valence-electron chi connectivity index (χ3n) is 5.12. The summed E-state index contributed by atoms with van der Waals surface area (Å²) in [5.41, 5.74) is 3.33. The average molecular weight is 369 g/mol. The Morgan fingerprint density at radius 3 is 2.73 bits per heavy atom. The maximum absolute atomic E-state index is 13.0. The molecule has 1 amide bonds. The molecule has 1 aliphatic heterocycles. The summed E-state index contributed by atoms with van der Waals surface area (Å²) in [6.07, 6.45) is 3.35. The monoisotopic (exact) mass is 368 g/mol. The fraction of sp³-hybridized carbons (Fsp3) is 0.450. The molecular formula is C20H24N4OS. The number of hydrogen-bond donors (Lipinski definition) is 0. The summed E-state index contributed by atoms with van der Waals surface area (Å²) >= 11 is 1.73. The van der Waals surface area contributed by atoms with E-state index in [1.807, 2.05) is 29.2 Å². The van der Waals surface area contributed by atoms with Crippen molar-refractivity contribution in [2.75, 3.05) is 36.8 Å². The van der Waals surface area contributed by atoms with E-state index in [0.29, 0.717) is 0 Å². The Morgan fingerprint density at radius 1 is 1.12 bits per heavy atom. The Hall–Kier alpha value is -2.08. The molecule has 0 unspecified atom stereocenters. The molecule has 2 heterocycles. The highest BCUT2D eigenvalue weighted by Crippen LogP contribution is 2.26. The van der Waals surface area contributed by atoms with Gasteiger partial charge in [-0.15, -0.1) is 16.9 Å². The molecule has 136 valence electrons. The van der Waals surface area contributed by atoms with E-state index in [9.17, 15) is 4.79 Å². The second kappa shape index (κ2) is 7.66. The van der Waals surface area contributed by atoms with Gasteiger partial charge in [0.15, 0.2) is 5.82 Å². The third-order valence-corrected chi connectivity index (χ3v) is 6.07. The molecule has 5 nitrogen and oxygen atoms in total. The van der Waals surface area contributed by atoms with Crippen LogP contribution >= 0.6 is 11.8 Å². The SMILES string of the molecule is CCSc1ccccc1C(=O)N1CCN(c2cc3c(nn2)CCC3)CC1. The van der Waals surface area contributed by atoms with Gasteiger partial charge in [0.2, 0.25) is 0 Å². The number of benzene rings is 1. The first-order valence-electron chi connectivity index (χ1n) is 9.38. The number of carbonyl (C=O) groups excluding carboxylic acids is 1. The molecule has 0 N–H and O–H groups in total. The summed E-state index contributed by atoms with van der Waals surface area (Å²) in [5.74, 6) is 2.07. The minimum absolute atomic E-state index is 0.140. The summed E-state index contributed by atoms with van der Waals surface area (Å²) in [6, 6.07) is 10.1. The van der Waals surface area contributed by atoms with Crippen LogP contribution in [0.4, 0.5) is 5.82 Å². The summed E-state index contributed by atoms with van der Waals surface area (Å²) in [6.45, 7) is 5.18. The molecule has 1 fully saturated rings. The van der Waals surface area contributed by atoms with Crippen molar-refractivity contribution in [3.05, 3.63) is 47.2 Å². The van der Waals surface area contributed by atoms with E-state index < -0.39 is 0 Å². The topological polar surface area (TPSA) is 49.3 Å². The highest BCUT2D eigenvalue weighted by Gasteiger charge is 2.25. The predicted octanol–water partition coefficient (Wildman–Crippen LogP) is 3.04. The molecule has 0 radical (unpaired) electrons. The zero-order valence-electron chi connectivity index (χ0n) is 15.1. The van der Waals surface area contributed by atoms with Crippen molar-refractivity contribution >= 4 is 23.5 Å². The smallest absolute Gasteiger partial charge is 0.255 e. The molecule has 26 heavy (non-hydrogen) atoms. The van der Waals surface area contributed by atoms with E-state index in [1.54, 1.807) is 11.8 Å². The Kier molecular flexibility index (Phi) is 5.11. The lowest BCUT2D eigenvalue weighted by Gasteiger charge is -2.35. The van der Waals surface area contributed by atoms with Crippen molar-refractivity contribution in [1.82, 2.24) is 15.1 Å². The summed E-state index contributed by atoms with van der Waals surface area (Å²) in [4.78, 5) is 18.3. The first kappa shape index (κ1) is 17.3. The van der Waals surface area contributed by atoms with Gasteiger partial charge >= 0.3 is 0 Å². The Bertz CT molecular complexity index is 802. The van der Waals surface area contributed by atoms with Crippen molar-refractivity contribution in [3.8, 4) is 0 Å². The molecule has 2 aliphatic rings. The molecule has 0 saturated carbocycles. The van der Waals surface area contributed by atoms with Crippen LogP contribution in [0.1, 0.15) is 35.0 Å². The number of aryl methyl sites for hydroxylation is 2. The molecule has 4 rings (SSSR count). The molecule has 1 aliphatic carbocycles. The van der Waals surface area contributed by atoms with Gasteiger partial charge in [-0.1, -0.05) is 19.1 Å². The Balaban J connectivity index is 1.43. The van der Waals surface area contributed by atoms with E-state index in [0.717, 1.165) is 66.7 Å². The molecular weight excluding hydrogens is 344 g/mol. The quantitative estimate of drug-likeness (QED) is 0.777. The summed E-state index contributed by atoms with van der Waals surface area (Å²) in [7, 11) is 0. The van der Waals surface area contributed by atoms with E-state index >= 15 is 0 Å². The first-order chi connectivity index (χ1) is 12.8. The van der Waals surface area contributed by atoms with Crippen molar-refractivity contribution < 1.29 is 4.79 Å². The Labute approximate surface area is 158 Å². The van der Waals surface area contributed by atoms with Gasteiger partial charge in [-0.3, -0.25) is 4.79 Å². The van der Waals surface area contributed by atoms with Gasteiger partial charge in [-0.2, -0.15) is 5.10 Å². The number of piperazine rings is 1. The van der Waals surface area contributed by atoms with Crippen LogP contribution in [0.5, 0.6) is 0 Å². The molecule has 2 aromatic rings. The fourth-order valence-electron chi connectivity index (χ4n) is 3.71. The zero-order chi connectivity index (χ0) is 17.9. The lowest BCUT2D eigenvalue weighted by molar-refractivity contribution is 0.0743. The lowest BCUT2D eigenvalue weighted by Crippen LogP contribution is -2.49. The lowest BCUT2D eigenvalue weighted by atomic mass is 10.1. The van der Waals surface area contributed by atoms with E-state index in [2.05, 4.69) is 28.1 Å². The van der Waals surface area contributed by atoms with Crippen LogP contribution in [0, 0.1) is 0 Å². The molecule has 1 saturated heterocycles. The maximum atomic E-state index is 13.0. The second-order valence-electron chi connectivity index (χ2n) is 6.74. The van der Waals surface area contributed by atoms with Crippen LogP contribution in [0.15, 0.2) is 35.2 Å². The van der Waals surface area contributed by atoms with Gasteiger partial charge in [0, 0.05) is 31.1 Å². The number of nitrogens with zero attached hydrogens (tertiary/aromatic N) is 4. The van der Waals surface area contributed by atoms with Gasteiger partial charge in [-0.25, -0.2) is 0 Å². The molecule has 0 spiro atoms. The van der Waals surface area contributed by atoms with E-state index in [-0.39, 0.29) is 5.91 Å². The largest absolute Gasteiger partial charge is 0.352 e. The minimum atomic E-state index is 0.140. The van der Waals surface area contributed by atoms with Crippen LogP contribution in [-0.2, 0) is 12.8 Å².